The maximum absolute atomic E-state index is 12.9. The molecule has 0 heterocycles. The highest BCUT2D eigenvalue weighted by molar-refractivity contribution is 6.24. The summed E-state index contributed by atoms with van der Waals surface area (Å²) in [6, 6.07) is 23.3. The molecule has 0 spiro atoms. The molecule has 4 rings (SSSR count). The van der Waals surface area contributed by atoms with Gasteiger partial charge in [0.25, 0.3) is 0 Å². The van der Waals surface area contributed by atoms with Gasteiger partial charge in [-0.05, 0) is 22.1 Å². The van der Waals surface area contributed by atoms with Gasteiger partial charge in [-0.2, -0.15) is 5.10 Å². The zero-order valence-corrected chi connectivity index (χ0v) is 19.2. The summed E-state index contributed by atoms with van der Waals surface area (Å²) in [5.74, 6) is -0.977. The molecule has 33 heavy (non-hydrogen) atoms. The van der Waals surface area contributed by atoms with Crippen molar-refractivity contribution in [2.24, 2.45) is 5.10 Å². The number of ether oxygens (including phenoxy) is 1. The molecule has 1 N–H and O–H groups in total. The van der Waals surface area contributed by atoms with Crippen LogP contribution in [-0.4, -0.2) is 24.6 Å². The second-order valence-corrected chi connectivity index (χ2v) is 8.90. The van der Waals surface area contributed by atoms with Gasteiger partial charge < -0.3 is 4.74 Å². The molecule has 0 unspecified atom stereocenters. The van der Waals surface area contributed by atoms with Gasteiger partial charge >= 0.3 is 5.97 Å². The van der Waals surface area contributed by atoms with E-state index in [0.29, 0.717) is 11.3 Å². The Morgan fingerprint density at radius 1 is 0.818 bits per heavy atom. The number of hydrogen-bond acceptors (Lipinski definition) is 5. The Kier molecular flexibility index (Phi) is 5.97. The number of allylic oxidation sites excluding steroid dienone is 1. The van der Waals surface area contributed by atoms with Gasteiger partial charge in [0, 0.05) is 22.8 Å². The molecule has 5 heteroatoms. The van der Waals surface area contributed by atoms with E-state index in [-0.39, 0.29) is 16.9 Å². The number of fused-ring (bicyclic) bond motifs is 3. The van der Waals surface area contributed by atoms with Crippen molar-refractivity contribution in [1.29, 1.82) is 0 Å². The van der Waals surface area contributed by atoms with Crippen molar-refractivity contribution in [1.82, 2.24) is 5.43 Å². The third kappa shape index (κ3) is 4.48. The zero-order valence-electron chi connectivity index (χ0n) is 19.2. The molecule has 1 aliphatic rings. The van der Waals surface area contributed by atoms with Gasteiger partial charge in [-0.3, -0.25) is 10.2 Å². The first-order chi connectivity index (χ1) is 15.8. The normalized spacial score (nSPS) is 12.6. The maximum Gasteiger partial charge on any atom is 0.356 e. The van der Waals surface area contributed by atoms with Gasteiger partial charge in [0.05, 0.1) is 12.8 Å². The number of nitrogens with one attached hydrogen (secondary N) is 1. The predicted octanol–water partition coefficient (Wildman–Crippen LogP) is 5.25. The molecular weight excluding hydrogens is 412 g/mol. The van der Waals surface area contributed by atoms with Crippen LogP contribution in [0.5, 0.6) is 0 Å². The van der Waals surface area contributed by atoms with Crippen LogP contribution in [0.25, 0.3) is 11.1 Å². The lowest BCUT2D eigenvalue weighted by molar-refractivity contribution is -0.136. The standard InChI is InChI=1S/C28H26N2O3/c1-28(2,3)19-15-13-18(14-16-19)25(31)17-24(27(32)33-4)29-30-26-22-11-7-5-9-20(22)21-10-6-8-12-23(21)26/h5-17,29H,1-4H3/b24-17-. The van der Waals surface area contributed by atoms with Crippen molar-refractivity contribution in [3.63, 3.8) is 0 Å². The van der Waals surface area contributed by atoms with Crippen molar-refractivity contribution in [2.75, 3.05) is 7.11 Å². The molecule has 3 aromatic rings. The third-order valence-electron chi connectivity index (χ3n) is 5.66. The average molecular weight is 439 g/mol. The number of carbonyl (C=O) groups is 2. The quantitative estimate of drug-likeness (QED) is 0.200. The molecule has 5 nitrogen and oxygen atoms in total. The van der Waals surface area contributed by atoms with Gasteiger partial charge in [-0.25, -0.2) is 4.79 Å². The number of methoxy groups -OCH3 is 1. The van der Waals surface area contributed by atoms with E-state index in [1.54, 1.807) is 12.1 Å². The second kappa shape index (κ2) is 8.87. The molecule has 0 aliphatic heterocycles. The summed E-state index contributed by atoms with van der Waals surface area (Å²) >= 11 is 0. The van der Waals surface area contributed by atoms with Crippen molar-refractivity contribution in [3.05, 3.63) is 107 Å². The van der Waals surface area contributed by atoms with E-state index in [9.17, 15) is 9.59 Å². The highest BCUT2D eigenvalue weighted by Crippen LogP contribution is 2.36. The topological polar surface area (TPSA) is 67.8 Å². The van der Waals surface area contributed by atoms with Gasteiger partial charge in [0.2, 0.25) is 0 Å². The lowest BCUT2D eigenvalue weighted by atomic mass is 9.86. The molecular formula is C28H26N2O3. The second-order valence-electron chi connectivity index (χ2n) is 8.90. The molecule has 0 amide bonds. The minimum atomic E-state index is -0.668. The Morgan fingerprint density at radius 3 is 1.82 bits per heavy atom. The van der Waals surface area contributed by atoms with Gasteiger partial charge in [0.1, 0.15) is 5.70 Å². The molecule has 0 atom stereocenters. The van der Waals surface area contributed by atoms with Crippen LogP contribution in [0, 0.1) is 0 Å². The number of esters is 1. The van der Waals surface area contributed by atoms with Crippen molar-refractivity contribution < 1.29 is 14.3 Å². The highest BCUT2D eigenvalue weighted by Gasteiger charge is 2.24. The molecule has 166 valence electrons. The van der Waals surface area contributed by atoms with Gasteiger partial charge in [0.15, 0.2) is 5.78 Å². The highest BCUT2D eigenvalue weighted by atomic mass is 16.5. The van der Waals surface area contributed by atoms with E-state index < -0.39 is 5.97 Å². The predicted molar refractivity (Wildman–Crippen MR) is 130 cm³/mol. The minimum Gasteiger partial charge on any atom is -0.464 e. The van der Waals surface area contributed by atoms with E-state index in [1.165, 1.54) is 13.2 Å². The number of hydrazone groups is 1. The van der Waals surface area contributed by atoms with Crippen LogP contribution in [0.4, 0.5) is 0 Å². The Bertz CT molecular complexity index is 1230. The van der Waals surface area contributed by atoms with Crippen LogP contribution in [-0.2, 0) is 14.9 Å². The lowest BCUT2D eigenvalue weighted by Gasteiger charge is -2.18. The molecule has 0 aromatic heterocycles. The van der Waals surface area contributed by atoms with Gasteiger partial charge in [-0.1, -0.05) is 93.6 Å². The lowest BCUT2D eigenvalue weighted by Crippen LogP contribution is -2.20. The average Bonchev–Trinajstić information content (AvgIpc) is 3.14. The van der Waals surface area contributed by atoms with E-state index in [1.807, 2.05) is 60.7 Å². The van der Waals surface area contributed by atoms with E-state index in [0.717, 1.165) is 27.8 Å². The minimum absolute atomic E-state index is 0.0138. The van der Waals surface area contributed by atoms with Crippen LogP contribution >= 0.6 is 0 Å². The Balaban J connectivity index is 1.66. The first kappa shape index (κ1) is 22.2. The fourth-order valence-corrected chi connectivity index (χ4v) is 3.83. The molecule has 0 radical (unpaired) electrons. The Morgan fingerprint density at radius 2 is 1.33 bits per heavy atom. The molecule has 0 saturated carbocycles. The summed E-state index contributed by atoms with van der Waals surface area (Å²) in [7, 11) is 1.27. The fraction of sp³-hybridized carbons (Fsp3) is 0.179. The summed E-state index contributed by atoms with van der Waals surface area (Å²) in [5.41, 5.74) is 9.12. The number of rotatable bonds is 5. The summed E-state index contributed by atoms with van der Waals surface area (Å²) < 4.78 is 4.88. The van der Waals surface area contributed by atoms with Crippen LogP contribution in [0.2, 0.25) is 0 Å². The summed E-state index contributed by atoms with van der Waals surface area (Å²) in [5, 5.41) is 4.51. The first-order valence-corrected chi connectivity index (χ1v) is 10.8. The Hall–Kier alpha value is -3.99. The van der Waals surface area contributed by atoms with Crippen LogP contribution < -0.4 is 5.43 Å². The van der Waals surface area contributed by atoms with Crippen molar-refractivity contribution in [2.45, 2.75) is 26.2 Å². The van der Waals surface area contributed by atoms with E-state index in [2.05, 4.69) is 31.3 Å². The fourth-order valence-electron chi connectivity index (χ4n) is 3.83. The molecule has 3 aromatic carbocycles. The summed E-state index contributed by atoms with van der Waals surface area (Å²) in [4.78, 5) is 25.2. The first-order valence-electron chi connectivity index (χ1n) is 10.8. The van der Waals surface area contributed by atoms with Crippen LogP contribution in [0.1, 0.15) is 47.8 Å². The van der Waals surface area contributed by atoms with Crippen LogP contribution in [0.15, 0.2) is 89.7 Å². The Labute approximate surface area is 193 Å². The molecule has 1 aliphatic carbocycles. The van der Waals surface area contributed by atoms with Crippen molar-refractivity contribution in [3.8, 4) is 11.1 Å². The van der Waals surface area contributed by atoms with Gasteiger partial charge in [-0.15, -0.1) is 0 Å². The van der Waals surface area contributed by atoms with Crippen LogP contribution in [0.3, 0.4) is 0 Å². The smallest absolute Gasteiger partial charge is 0.356 e. The number of ketones is 1. The molecule has 0 fully saturated rings. The summed E-state index contributed by atoms with van der Waals surface area (Å²) in [6.07, 6.45) is 1.23. The number of benzene rings is 3. The van der Waals surface area contributed by atoms with E-state index >= 15 is 0 Å². The maximum atomic E-state index is 12.9. The number of hydrogen-bond donors (Lipinski definition) is 1. The number of nitrogens with zero attached hydrogens (tertiary/aromatic N) is 1. The number of carbonyl (C=O) groups excluding carboxylic acids is 2. The summed E-state index contributed by atoms with van der Waals surface area (Å²) in [6.45, 7) is 6.34. The monoisotopic (exact) mass is 438 g/mol. The van der Waals surface area contributed by atoms with E-state index in [4.69, 9.17) is 4.74 Å². The SMILES string of the molecule is COC(=O)/C(=C/C(=O)c1ccc(C(C)(C)C)cc1)NN=C1c2ccccc2-c2ccccc21. The molecule has 0 saturated heterocycles. The third-order valence-corrected chi connectivity index (χ3v) is 5.66. The van der Waals surface area contributed by atoms with Crippen molar-refractivity contribution >= 4 is 17.5 Å². The largest absolute Gasteiger partial charge is 0.464 e. The molecule has 0 bridgehead atoms. The zero-order chi connectivity index (χ0) is 23.6.